The van der Waals surface area contributed by atoms with E-state index in [1.165, 1.54) is 13.2 Å². The van der Waals surface area contributed by atoms with Gasteiger partial charge in [0.15, 0.2) is 0 Å². The number of methoxy groups -OCH3 is 1. The Labute approximate surface area is 141 Å². The fourth-order valence-corrected chi connectivity index (χ4v) is 3.75. The van der Waals surface area contributed by atoms with E-state index in [0.29, 0.717) is 0 Å². The van der Waals surface area contributed by atoms with Crippen LogP contribution in [0.1, 0.15) is 11.1 Å². The third kappa shape index (κ3) is 4.33. The highest BCUT2D eigenvalue weighted by Crippen LogP contribution is 2.25. The van der Waals surface area contributed by atoms with Crippen LogP contribution in [0.3, 0.4) is 0 Å². The number of amides is 1. The molecule has 7 heteroatoms. The molecular weight excluding hydrogens is 328 g/mol. The van der Waals surface area contributed by atoms with Crippen LogP contribution in [0.4, 0.5) is 0 Å². The van der Waals surface area contributed by atoms with E-state index < -0.39 is 22.0 Å². The highest BCUT2D eigenvalue weighted by Gasteiger charge is 2.26. The van der Waals surface area contributed by atoms with Gasteiger partial charge < -0.3 is 10.5 Å². The number of benzene rings is 2. The molecule has 0 radical (unpaired) electrons. The van der Waals surface area contributed by atoms with Gasteiger partial charge in [0.25, 0.3) is 0 Å². The van der Waals surface area contributed by atoms with Gasteiger partial charge in [0, 0.05) is 0 Å². The molecule has 0 aliphatic rings. The molecule has 0 saturated heterocycles. The maximum Gasteiger partial charge on any atom is 0.244 e. The van der Waals surface area contributed by atoms with Gasteiger partial charge in [-0.25, -0.2) is 8.42 Å². The Hall–Kier alpha value is -2.38. The van der Waals surface area contributed by atoms with Crippen LogP contribution in [0.25, 0.3) is 0 Å². The predicted molar refractivity (Wildman–Crippen MR) is 91.2 cm³/mol. The van der Waals surface area contributed by atoms with Gasteiger partial charge in [-0.3, -0.25) is 4.79 Å². The lowest BCUT2D eigenvalue weighted by molar-refractivity contribution is -0.119. The topological polar surface area (TPSA) is 98.5 Å². The molecule has 3 N–H and O–H groups in total. The number of nitrogens with two attached hydrogens (primary N) is 1. The third-order valence-corrected chi connectivity index (χ3v) is 5.03. The van der Waals surface area contributed by atoms with Crippen LogP contribution in [-0.4, -0.2) is 27.5 Å². The number of carbonyl (C=O) groups excluding carboxylic acids is 1. The molecule has 1 unspecified atom stereocenters. The van der Waals surface area contributed by atoms with Crippen LogP contribution in [0, 0.1) is 6.92 Å². The molecule has 24 heavy (non-hydrogen) atoms. The van der Waals surface area contributed by atoms with Gasteiger partial charge >= 0.3 is 0 Å². The molecule has 6 nitrogen and oxygen atoms in total. The normalized spacial score (nSPS) is 12.6. The summed E-state index contributed by atoms with van der Waals surface area (Å²) < 4.78 is 32.8. The molecule has 0 spiro atoms. The Bertz CT molecular complexity index is 820. The number of hydrogen-bond acceptors (Lipinski definition) is 4. The van der Waals surface area contributed by atoms with E-state index in [-0.39, 0.29) is 17.1 Å². The number of primary amides is 1. The van der Waals surface area contributed by atoms with E-state index in [1.54, 1.807) is 31.2 Å². The zero-order valence-electron chi connectivity index (χ0n) is 13.5. The smallest absolute Gasteiger partial charge is 0.244 e. The van der Waals surface area contributed by atoms with E-state index in [2.05, 4.69) is 4.72 Å². The van der Waals surface area contributed by atoms with Crippen molar-refractivity contribution in [3.05, 3.63) is 59.7 Å². The molecule has 1 amide bonds. The second kappa shape index (κ2) is 7.46. The molecule has 0 aromatic heterocycles. The van der Waals surface area contributed by atoms with Crippen molar-refractivity contribution in [1.29, 1.82) is 0 Å². The molecule has 0 heterocycles. The van der Waals surface area contributed by atoms with Crippen molar-refractivity contribution in [3.8, 4) is 5.75 Å². The van der Waals surface area contributed by atoms with E-state index >= 15 is 0 Å². The molecule has 2 aromatic rings. The van der Waals surface area contributed by atoms with Crippen molar-refractivity contribution >= 4 is 15.9 Å². The van der Waals surface area contributed by atoms with Gasteiger partial charge in [0.05, 0.1) is 7.11 Å². The highest BCUT2D eigenvalue weighted by molar-refractivity contribution is 7.89. The standard InChI is InChI=1S/C17H20N2O4S/c1-12-8-9-15(23-2)16(10-12)24(21,22)19-14(17(18)20)11-13-6-4-3-5-7-13/h3-10,14,19H,11H2,1-2H3,(H2,18,20). The van der Waals surface area contributed by atoms with Gasteiger partial charge in [-0.2, -0.15) is 4.72 Å². The SMILES string of the molecule is COc1ccc(C)cc1S(=O)(=O)NC(Cc1ccccc1)C(N)=O. The van der Waals surface area contributed by atoms with Gasteiger partial charge in [0.1, 0.15) is 16.7 Å². The second-order valence-electron chi connectivity index (χ2n) is 5.42. The van der Waals surface area contributed by atoms with E-state index in [0.717, 1.165) is 11.1 Å². The minimum Gasteiger partial charge on any atom is -0.495 e. The molecule has 2 aromatic carbocycles. The van der Waals surface area contributed by atoms with Crippen LogP contribution in [0.15, 0.2) is 53.4 Å². The first-order chi connectivity index (χ1) is 11.3. The molecule has 0 aliphatic heterocycles. The largest absolute Gasteiger partial charge is 0.495 e. The molecule has 0 aliphatic carbocycles. The molecule has 2 rings (SSSR count). The monoisotopic (exact) mass is 348 g/mol. The Morgan fingerprint density at radius 3 is 2.46 bits per heavy atom. The second-order valence-corrected chi connectivity index (χ2v) is 7.10. The summed E-state index contributed by atoms with van der Waals surface area (Å²) in [7, 11) is -2.58. The lowest BCUT2D eigenvalue weighted by Gasteiger charge is -2.17. The summed E-state index contributed by atoms with van der Waals surface area (Å²) in [4.78, 5) is 11.7. The summed E-state index contributed by atoms with van der Waals surface area (Å²) in [6.07, 6.45) is 0.170. The van der Waals surface area contributed by atoms with Crippen LogP contribution >= 0.6 is 0 Å². The minimum absolute atomic E-state index is 0.0238. The van der Waals surface area contributed by atoms with Crippen molar-refractivity contribution < 1.29 is 17.9 Å². The maximum absolute atomic E-state index is 12.7. The number of sulfonamides is 1. The number of nitrogens with one attached hydrogen (secondary N) is 1. The Kier molecular flexibility index (Phi) is 5.58. The molecule has 128 valence electrons. The molecule has 0 saturated carbocycles. The number of carbonyl (C=O) groups is 1. The van der Waals surface area contributed by atoms with Gasteiger partial charge in [-0.05, 0) is 36.6 Å². The van der Waals surface area contributed by atoms with Crippen molar-refractivity contribution in [1.82, 2.24) is 4.72 Å². The Balaban J connectivity index is 2.31. The summed E-state index contributed by atoms with van der Waals surface area (Å²) in [5, 5.41) is 0. The van der Waals surface area contributed by atoms with Crippen LogP contribution < -0.4 is 15.2 Å². The predicted octanol–water partition coefficient (Wildman–Crippen LogP) is 1.38. The summed E-state index contributed by atoms with van der Waals surface area (Å²) in [5.74, 6) is -0.537. The van der Waals surface area contributed by atoms with Gasteiger partial charge in [-0.1, -0.05) is 36.4 Å². The summed E-state index contributed by atoms with van der Waals surface area (Å²) in [6, 6.07) is 12.8. The number of ether oxygens (including phenoxy) is 1. The van der Waals surface area contributed by atoms with Crippen molar-refractivity contribution in [2.24, 2.45) is 5.73 Å². The Morgan fingerprint density at radius 1 is 1.21 bits per heavy atom. The van der Waals surface area contributed by atoms with Crippen LogP contribution in [0.5, 0.6) is 5.75 Å². The molecule has 0 bridgehead atoms. The highest BCUT2D eigenvalue weighted by atomic mass is 32.2. The fraction of sp³-hybridized carbons (Fsp3) is 0.235. The molecular formula is C17H20N2O4S. The van der Waals surface area contributed by atoms with Crippen molar-refractivity contribution in [2.45, 2.75) is 24.3 Å². The van der Waals surface area contributed by atoms with Gasteiger partial charge in [0.2, 0.25) is 15.9 Å². The van der Waals surface area contributed by atoms with Gasteiger partial charge in [-0.15, -0.1) is 0 Å². The fourth-order valence-electron chi connectivity index (χ4n) is 2.29. The van der Waals surface area contributed by atoms with Crippen molar-refractivity contribution in [3.63, 3.8) is 0 Å². The number of rotatable bonds is 7. The zero-order valence-corrected chi connectivity index (χ0v) is 14.3. The Morgan fingerprint density at radius 2 is 1.88 bits per heavy atom. The summed E-state index contributed by atoms with van der Waals surface area (Å²) in [5.41, 5.74) is 6.94. The van der Waals surface area contributed by atoms with Crippen molar-refractivity contribution in [2.75, 3.05) is 7.11 Å². The quantitative estimate of drug-likeness (QED) is 0.790. The third-order valence-electron chi connectivity index (χ3n) is 3.53. The zero-order chi connectivity index (χ0) is 17.7. The lowest BCUT2D eigenvalue weighted by atomic mass is 10.1. The van der Waals surface area contributed by atoms with E-state index in [1.807, 2.05) is 18.2 Å². The first-order valence-electron chi connectivity index (χ1n) is 7.33. The summed E-state index contributed by atoms with van der Waals surface area (Å²) in [6.45, 7) is 1.77. The van der Waals surface area contributed by atoms with Crippen LogP contribution in [-0.2, 0) is 21.2 Å². The first kappa shape index (κ1) is 18.0. The molecule has 1 atom stereocenters. The van der Waals surface area contributed by atoms with E-state index in [9.17, 15) is 13.2 Å². The van der Waals surface area contributed by atoms with E-state index in [4.69, 9.17) is 10.5 Å². The maximum atomic E-state index is 12.7. The summed E-state index contributed by atoms with van der Waals surface area (Å²) >= 11 is 0. The number of hydrogen-bond donors (Lipinski definition) is 2. The average molecular weight is 348 g/mol. The lowest BCUT2D eigenvalue weighted by Crippen LogP contribution is -2.45. The first-order valence-corrected chi connectivity index (χ1v) is 8.82. The molecule has 0 fully saturated rings. The minimum atomic E-state index is -3.97. The van der Waals surface area contributed by atoms with Crippen LogP contribution in [0.2, 0.25) is 0 Å². The average Bonchev–Trinajstić information content (AvgIpc) is 2.55. The number of aryl methyl sites for hydroxylation is 1.